The normalized spacial score (nSPS) is 17.2. The summed E-state index contributed by atoms with van der Waals surface area (Å²) in [6, 6.07) is -0.261. The van der Waals surface area contributed by atoms with Crippen molar-refractivity contribution in [2.75, 3.05) is 39.8 Å². The van der Waals surface area contributed by atoms with E-state index in [0.717, 1.165) is 32.4 Å². The number of piperidine rings is 1. The molecule has 0 radical (unpaired) electrons. The lowest BCUT2D eigenvalue weighted by Gasteiger charge is -2.29. The summed E-state index contributed by atoms with van der Waals surface area (Å²) < 4.78 is 0. The van der Waals surface area contributed by atoms with Gasteiger partial charge in [0, 0.05) is 13.1 Å². The number of carboxylic acids is 1. The minimum absolute atomic E-state index is 0.229. The number of rotatable bonds is 6. The maximum atomic E-state index is 11.9. The summed E-state index contributed by atoms with van der Waals surface area (Å²) in [5, 5.41) is 11.6. The number of hydrogen-bond donors (Lipinski definition) is 2. The summed E-state index contributed by atoms with van der Waals surface area (Å²) in [6.45, 7) is 4.95. The van der Waals surface area contributed by atoms with Gasteiger partial charge in [-0.3, -0.25) is 4.79 Å². The average Bonchev–Trinajstić information content (AvgIpc) is 2.37. The summed E-state index contributed by atoms with van der Waals surface area (Å²) in [4.78, 5) is 26.3. The van der Waals surface area contributed by atoms with E-state index in [1.165, 1.54) is 4.90 Å². The Bertz CT molecular complexity index is 302. The predicted molar refractivity (Wildman–Crippen MR) is 73.1 cm³/mol. The topological polar surface area (TPSA) is 72.9 Å². The van der Waals surface area contributed by atoms with Crippen molar-refractivity contribution in [1.29, 1.82) is 0 Å². The van der Waals surface area contributed by atoms with Gasteiger partial charge in [0.05, 0.1) is 0 Å². The second kappa shape index (κ2) is 7.99. The zero-order valence-electron chi connectivity index (χ0n) is 11.9. The largest absolute Gasteiger partial charge is 0.480 e. The Labute approximate surface area is 114 Å². The van der Waals surface area contributed by atoms with Gasteiger partial charge in [-0.15, -0.1) is 0 Å². The molecule has 19 heavy (non-hydrogen) atoms. The molecule has 110 valence electrons. The van der Waals surface area contributed by atoms with Crippen LogP contribution >= 0.6 is 0 Å². The molecule has 6 nitrogen and oxygen atoms in total. The molecule has 1 aliphatic heterocycles. The van der Waals surface area contributed by atoms with Crippen LogP contribution in [0.3, 0.4) is 0 Å². The highest BCUT2D eigenvalue weighted by atomic mass is 16.4. The molecule has 0 atom stereocenters. The molecule has 6 heteroatoms. The van der Waals surface area contributed by atoms with Gasteiger partial charge < -0.3 is 20.2 Å². The average molecular weight is 271 g/mol. The summed E-state index contributed by atoms with van der Waals surface area (Å²) in [6.07, 6.45) is 2.93. The first kappa shape index (κ1) is 15.8. The maximum absolute atomic E-state index is 11.9. The van der Waals surface area contributed by atoms with E-state index in [9.17, 15) is 9.59 Å². The van der Waals surface area contributed by atoms with E-state index in [2.05, 4.69) is 17.3 Å². The number of nitrogens with zero attached hydrogens (tertiary/aromatic N) is 2. The van der Waals surface area contributed by atoms with Crippen LogP contribution in [0, 0.1) is 5.92 Å². The number of carbonyl (C=O) groups excluding carboxylic acids is 1. The van der Waals surface area contributed by atoms with Crippen LogP contribution in [0.15, 0.2) is 0 Å². The molecular weight excluding hydrogens is 246 g/mol. The molecule has 0 aromatic carbocycles. The quantitative estimate of drug-likeness (QED) is 0.750. The molecule has 0 saturated carbocycles. The van der Waals surface area contributed by atoms with Gasteiger partial charge in [-0.2, -0.15) is 0 Å². The number of carboxylic acid groups (broad SMARTS) is 1. The van der Waals surface area contributed by atoms with Gasteiger partial charge >= 0.3 is 12.0 Å². The van der Waals surface area contributed by atoms with Gasteiger partial charge in [0.1, 0.15) is 6.54 Å². The van der Waals surface area contributed by atoms with Crippen LogP contribution in [-0.2, 0) is 4.79 Å². The number of likely N-dealkylation sites (tertiary alicyclic amines) is 1. The Balaban J connectivity index is 2.33. The smallest absolute Gasteiger partial charge is 0.323 e. The third-order valence-corrected chi connectivity index (χ3v) is 3.49. The molecule has 0 bridgehead atoms. The highest BCUT2D eigenvalue weighted by Gasteiger charge is 2.20. The third-order valence-electron chi connectivity index (χ3n) is 3.49. The molecule has 1 aliphatic rings. The minimum Gasteiger partial charge on any atom is -0.480 e. The van der Waals surface area contributed by atoms with Gasteiger partial charge in [-0.25, -0.2) is 4.79 Å². The number of urea groups is 1. The Kier molecular flexibility index (Phi) is 6.62. The van der Waals surface area contributed by atoms with Crippen molar-refractivity contribution in [3.63, 3.8) is 0 Å². The first-order chi connectivity index (χ1) is 9.02. The maximum Gasteiger partial charge on any atom is 0.323 e. The van der Waals surface area contributed by atoms with E-state index in [1.54, 1.807) is 0 Å². The van der Waals surface area contributed by atoms with Crippen LogP contribution in [0.25, 0.3) is 0 Å². The predicted octanol–water partition coefficient (Wildman–Crippen LogP) is 0.834. The van der Waals surface area contributed by atoms with Crippen molar-refractivity contribution in [1.82, 2.24) is 15.1 Å². The standard InChI is InChI=1S/C13H25N3O3/c1-3-6-16(10-12(17)18)13(19)14-9-11-4-7-15(2)8-5-11/h11H,3-10H2,1-2H3,(H,14,19)(H,17,18). The fourth-order valence-electron chi connectivity index (χ4n) is 2.30. The first-order valence-corrected chi connectivity index (χ1v) is 6.96. The first-order valence-electron chi connectivity index (χ1n) is 6.96. The van der Waals surface area contributed by atoms with E-state index in [4.69, 9.17) is 5.11 Å². The molecule has 1 rings (SSSR count). The Morgan fingerprint density at radius 1 is 1.37 bits per heavy atom. The zero-order chi connectivity index (χ0) is 14.3. The molecule has 1 fully saturated rings. The Morgan fingerprint density at radius 2 is 2.00 bits per heavy atom. The molecule has 0 aromatic rings. The lowest BCUT2D eigenvalue weighted by atomic mass is 9.97. The van der Waals surface area contributed by atoms with E-state index in [0.29, 0.717) is 19.0 Å². The lowest BCUT2D eigenvalue weighted by Crippen LogP contribution is -2.45. The van der Waals surface area contributed by atoms with E-state index < -0.39 is 5.97 Å². The van der Waals surface area contributed by atoms with Crippen LogP contribution in [0.1, 0.15) is 26.2 Å². The number of aliphatic carboxylic acids is 1. The van der Waals surface area contributed by atoms with E-state index in [1.807, 2.05) is 6.92 Å². The molecular formula is C13H25N3O3. The molecule has 0 aromatic heterocycles. The lowest BCUT2D eigenvalue weighted by molar-refractivity contribution is -0.137. The number of hydrogen-bond acceptors (Lipinski definition) is 3. The van der Waals surface area contributed by atoms with E-state index in [-0.39, 0.29) is 12.6 Å². The van der Waals surface area contributed by atoms with Crippen molar-refractivity contribution < 1.29 is 14.7 Å². The van der Waals surface area contributed by atoms with E-state index >= 15 is 0 Å². The van der Waals surface area contributed by atoms with Crippen LogP contribution in [0.5, 0.6) is 0 Å². The minimum atomic E-state index is -0.970. The highest BCUT2D eigenvalue weighted by Crippen LogP contribution is 2.14. The third kappa shape index (κ3) is 5.92. The highest BCUT2D eigenvalue weighted by molar-refractivity contribution is 5.80. The number of carbonyl (C=O) groups is 2. The Morgan fingerprint density at radius 3 is 2.53 bits per heavy atom. The summed E-state index contributed by atoms with van der Waals surface area (Å²) in [5.41, 5.74) is 0. The van der Waals surface area contributed by atoms with Crippen molar-refractivity contribution in [2.45, 2.75) is 26.2 Å². The summed E-state index contributed by atoms with van der Waals surface area (Å²) in [5.74, 6) is -0.462. The SMILES string of the molecule is CCCN(CC(=O)O)C(=O)NCC1CCN(C)CC1. The van der Waals surface area contributed by atoms with Gasteiger partial charge in [0.15, 0.2) is 0 Å². The zero-order valence-corrected chi connectivity index (χ0v) is 11.9. The van der Waals surface area contributed by atoms with Crippen molar-refractivity contribution in [2.24, 2.45) is 5.92 Å². The van der Waals surface area contributed by atoms with Gasteiger partial charge in [-0.1, -0.05) is 6.92 Å². The monoisotopic (exact) mass is 271 g/mol. The molecule has 2 amide bonds. The summed E-state index contributed by atoms with van der Waals surface area (Å²) in [7, 11) is 2.10. The van der Waals surface area contributed by atoms with Crippen LogP contribution < -0.4 is 5.32 Å². The van der Waals surface area contributed by atoms with Crippen LogP contribution in [0.4, 0.5) is 4.79 Å². The van der Waals surface area contributed by atoms with Gasteiger partial charge in [0.2, 0.25) is 0 Å². The number of nitrogens with one attached hydrogen (secondary N) is 1. The van der Waals surface area contributed by atoms with Gasteiger partial charge in [0.25, 0.3) is 0 Å². The second-order valence-electron chi connectivity index (χ2n) is 5.25. The fourth-order valence-corrected chi connectivity index (χ4v) is 2.30. The molecule has 1 heterocycles. The van der Waals surface area contributed by atoms with Gasteiger partial charge in [-0.05, 0) is 45.3 Å². The van der Waals surface area contributed by atoms with Crippen LogP contribution in [-0.4, -0.2) is 66.7 Å². The molecule has 0 unspecified atom stereocenters. The molecule has 0 spiro atoms. The Hall–Kier alpha value is -1.30. The van der Waals surface area contributed by atoms with Crippen LogP contribution in [0.2, 0.25) is 0 Å². The fraction of sp³-hybridized carbons (Fsp3) is 0.846. The molecule has 2 N–H and O–H groups in total. The molecule has 0 aliphatic carbocycles. The van der Waals surface area contributed by atoms with Crippen molar-refractivity contribution in [3.05, 3.63) is 0 Å². The van der Waals surface area contributed by atoms with Crippen molar-refractivity contribution in [3.8, 4) is 0 Å². The second-order valence-corrected chi connectivity index (χ2v) is 5.25. The summed E-state index contributed by atoms with van der Waals surface area (Å²) >= 11 is 0. The number of amides is 2. The van der Waals surface area contributed by atoms with Crippen molar-refractivity contribution >= 4 is 12.0 Å². The molecule has 1 saturated heterocycles.